The number of hydrogen-bond donors (Lipinski definition) is 1. The first-order valence-electron chi connectivity index (χ1n) is 5.25. The van der Waals surface area contributed by atoms with Crippen molar-refractivity contribution < 1.29 is 5.11 Å². The highest BCUT2D eigenvalue weighted by Gasteiger charge is 2.15. The van der Waals surface area contributed by atoms with Gasteiger partial charge < -0.3 is 5.11 Å². The molecule has 2 aromatic rings. The lowest BCUT2D eigenvalue weighted by Gasteiger charge is -2.13. The second-order valence-corrected chi connectivity index (χ2v) is 4.56. The number of nitriles is 1. The van der Waals surface area contributed by atoms with Crippen LogP contribution in [0.3, 0.4) is 0 Å². The van der Waals surface area contributed by atoms with E-state index in [1.54, 1.807) is 42.5 Å². The zero-order valence-electron chi connectivity index (χ0n) is 9.27. The first-order chi connectivity index (χ1) is 8.63. The van der Waals surface area contributed by atoms with Crippen LogP contribution >= 0.6 is 23.2 Å². The fourth-order valence-electron chi connectivity index (χ4n) is 1.65. The fraction of sp³-hybridized carbons (Fsp3) is 0.0714. The highest BCUT2D eigenvalue weighted by atomic mass is 35.5. The summed E-state index contributed by atoms with van der Waals surface area (Å²) in [6, 6.07) is 13.8. The van der Waals surface area contributed by atoms with E-state index in [1.807, 2.05) is 6.07 Å². The number of nitrogens with zero attached hydrogens (tertiary/aromatic N) is 1. The third-order valence-corrected chi connectivity index (χ3v) is 3.47. The molecular weight excluding hydrogens is 269 g/mol. The second kappa shape index (κ2) is 5.41. The summed E-state index contributed by atoms with van der Waals surface area (Å²) in [5.41, 5.74) is 1.76. The Labute approximate surface area is 115 Å². The number of halogens is 2. The van der Waals surface area contributed by atoms with Crippen molar-refractivity contribution in [2.24, 2.45) is 0 Å². The zero-order valence-corrected chi connectivity index (χ0v) is 10.8. The van der Waals surface area contributed by atoms with Crippen LogP contribution in [0.25, 0.3) is 0 Å². The molecule has 0 saturated heterocycles. The number of benzene rings is 2. The number of aliphatic hydroxyl groups excluding tert-OH is 1. The van der Waals surface area contributed by atoms with Crippen LogP contribution in [-0.2, 0) is 0 Å². The molecule has 1 atom stereocenters. The van der Waals surface area contributed by atoms with Gasteiger partial charge in [0.05, 0.1) is 21.7 Å². The van der Waals surface area contributed by atoms with Crippen LogP contribution in [-0.4, -0.2) is 5.11 Å². The van der Waals surface area contributed by atoms with Gasteiger partial charge in [0.15, 0.2) is 0 Å². The van der Waals surface area contributed by atoms with Gasteiger partial charge in [0.2, 0.25) is 0 Å². The average Bonchev–Trinajstić information content (AvgIpc) is 2.41. The minimum atomic E-state index is -0.857. The predicted molar refractivity (Wildman–Crippen MR) is 71.7 cm³/mol. The van der Waals surface area contributed by atoms with Crippen molar-refractivity contribution in [2.45, 2.75) is 6.10 Å². The zero-order chi connectivity index (χ0) is 13.1. The van der Waals surface area contributed by atoms with Crippen LogP contribution in [0.15, 0.2) is 42.5 Å². The highest BCUT2D eigenvalue weighted by molar-refractivity contribution is 6.42. The van der Waals surface area contributed by atoms with Crippen LogP contribution in [0.5, 0.6) is 0 Å². The summed E-state index contributed by atoms with van der Waals surface area (Å²) in [7, 11) is 0. The lowest BCUT2D eigenvalue weighted by molar-refractivity contribution is 0.220. The van der Waals surface area contributed by atoms with Gasteiger partial charge in [-0.1, -0.05) is 47.5 Å². The first kappa shape index (κ1) is 12.9. The molecule has 1 unspecified atom stereocenters. The van der Waals surface area contributed by atoms with E-state index in [1.165, 1.54) is 0 Å². The number of hydrogen-bond acceptors (Lipinski definition) is 2. The Morgan fingerprint density at radius 2 is 1.72 bits per heavy atom. The number of rotatable bonds is 2. The molecular formula is C14H9Cl2NO. The third-order valence-electron chi connectivity index (χ3n) is 2.63. The number of aliphatic hydroxyl groups is 1. The molecule has 0 fully saturated rings. The normalized spacial score (nSPS) is 11.9. The van der Waals surface area contributed by atoms with Gasteiger partial charge in [0, 0.05) is 5.56 Å². The minimum Gasteiger partial charge on any atom is -0.384 e. The molecule has 0 aliphatic heterocycles. The van der Waals surface area contributed by atoms with Crippen molar-refractivity contribution in [3.8, 4) is 6.07 Å². The highest BCUT2D eigenvalue weighted by Crippen LogP contribution is 2.32. The summed E-state index contributed by atoms with van der Waals surface area (Å²) in [6.45, 7) is 0. The van der Waals surface area contributed by atoms with Gasteiger partial charge in [0.1, 0.15) is 6.10 Å². The second-order valence-electron chi connectivity index (χ2n) is 3.78. The maximum Gasteiger partial charge on any atom is 0.106 e. The molecule has 0 aliphatic rings. The van der Waals surface area contributed by atoms with E-state index in [4.69, 9.17) is 28.5 Å². The van der Waals surface area contributed by atoms with Gasteiger partial charge in [-0.15, -0.1) is 0 Å². The van der Waals surface area contributed by atoms with E-state index in [-0.39, 0.29) is 0 Å². The van der Waals surface area contributed by atoms with Crippen molar-refractivity contribution in [1.29, 1.82) is 5.26 Å². The molecule has 0 amide bonds. The minimum absolute atomic E-state index is 0.344. The summed E-state index contributed by atoms with van der Waals surface area (Å²) in [5.74, 6) is 0. The predicted octanol–water partition coefficient (Wildman–Crippen LogP) is 3.95. The molecule has 0 aliphatic carbocycles. The lowest BCUT2D eigenvalue weighted by Crippen LogP contribution is -2.00. The van der Waals surface area contributed by atoms with Gasteiger partial charge in [-0.05, 0) is 23.8 Å². The molecule has 4 heteroatoms. The van der Waals surface area contributed by atoms with Crippen LogP contribution in [0.4, 0.5) is 0 Å². The van der Waals surface area contributed by atoms with Crippen LogP contribution < -0.4 is 0 Å². The van der Waals surface area contributed by atoms with Gasteiger partial charge >= 0.3 is 0 Å². The third kappa shape index (κ3) is 2.49. The molecule has 2 nitrogen and oxygen atoms in total. The Morgan fingerprint density at radius 1 is 1.06 bits per heavy atom. The van der Waals surface area contributed by atoms with Gasteiger partial charge in [-0.25, -0.2) is 0 Å². The monoisotopic (exact) mass is 277 g/mol. The lowest BCUT2D eigenvalue weighted by atomic mass is 10.0. The van der Waals surface area contributed by atoms with Crippen molar-refractivity contribution in [2.75, 3.05) is 0 Å². The Kier molecular flexibility index (Phi) is 3.88. The first-order valence-corrected chi connectivity index (χ1v) is 6.01. The molecule has 2 aromatic carbocycles. The topological polar surface area (TPSA) is 44.0 Å². The van der Waals surface area contributed by atoms with Crippen LogP contribution in [0.2, 0.25) is 10.0 Å². The molecule has 0 saturated carbocycles. The van der Waals surface area contributed by atoms with Gasteiger partial charge in [-0.2, -0.15) is 5.26 Å². The SMILES string of the molecule is N#Cc1ccc(C(O)c2cccc(Cl)c2Cl)cc1. The van der Waals surface area contributed by atoms with E-state index < -0.39 is 6.10 Å². The summed E-state index contributed by atoms with van der Waals surface area (Å²) in [5, 5.41) is 19.7. The molecule has 0 bridgehead atoms. The molecule has 1 N–H and O–H groups in total. The van der Waals surface area contributed by atoms with Crippen molar-refractivity contribution >= 4 is 23.2 Å². The van der Waals surface area contributed by atoms with Crippen molar-refractivity contribution in [3.63, 3.8) is 0 Å². The molecule has 0 spiro atoms. The Hall–Kier alpha value is -1.53. The molecule has 0 aromatic heterocycles. The Balaban J connectivity index is 2.38. The standard InChI is InChI=1S/C14H9Cl2NO/c15-12-3-1-2-11(13(12)16)14(18)10-6-4-9(8-17)5-7-10/h1-7,14,18H. The average molecular weight is 278 g/mol. The summed E-state index contributed by atoms with van der Waals surface area (Å²) >= 11 is 12.0. The van der Waals surface area contributed by atoms with E-state index in [2.05, 4.69) is 0 Å². The van der Waals surface area contributed by atoms with Crippen molar-refractivity contribution in [3.05, 3.63) is 69.2 Å². The quantitative estimate of drug-likeness (QED) is 0.904. The molecule has 2 rings (SSSR count). The molecule has 0 heterocycles. The van der Waals surface area contributed by atoms with E-state index in [0.29, 0.717) is 26.7 Å². The van der Waals surface area contributed by atoms with Gasteiger partial charge in [0.25, 0.3) is 0 Å². The van der Waals surface area contributed by atoms with E-state index in [9.17, 15) is 5.11 Å². The summed E-state index contributed by atoms with van der Waals surface area (Å²) in [4.78, 5) is 0. The molecule has 18 heavy (non-hydrogen) atoms. The van der Waals surface area contributed by atoms with Gasteiger partial charge in [-0.3, -0.25) is 0 Å². The van der Waals surface area contributed by atoms with E-state index in [0.717, 1.165) is 0 Å². The van der Waals surface area contributed by atoms with E-state index >= 15 is 0 Å². The largest absolute Gasteiger partial charge is 0.384 e. The fourth-order valence-corrected chi connectivity index (χ4v) is 2.06. The summed E-state index contributed by atoms with van der Waals surface area (Å²) < 4.78 is 0. The Bertz CT molecular complexity index is 602. The van der Waals surface area contributed by atoms with Crippen molar-refractivity contribution in [1.82, 2.24) is 0 Å². The molecule has 0 radical (unpaired) electrons. The molecule has 90 valence electrons. The van der Waals surface area contributed by atoms with Crippen LogP contribution in [0.1, 0.15) is 22.8 Å². The smallest absolute Gasteiger partial charge is 0.106 e. The maximum atomic E-state index is 10.2. The maximum absolute atomic E-state index is 10.2. The van der Waals surface area contributed by atoms with Crippen LogP contribution in [0, 0.1) is 11.3 Å². The Morgan fingerprint density at radius 3 is 2.33 bits per heavy atom. The summed E-state index contributed by atoms with van der Waals surface area (Å²) in [6.07, 6.45) is -0.857.